The van der Waals surface area contributed by atoms with Crippen LogP contribution in [0.4, 0.5) is 0 Å². The minimum atomic E-state index is -0.545. The van der Waals surface area contributed by atoms with Crippen LogP contribution in [0, 0.1) is 5.41 Å². The summed E-state index contributed by atoms with van der Waals surface area (Å²) in [6.45, 7) is 0. The second-order valence-corrected chi connectivity index (χ2v) is 5.88. The van der Waals surface area contributed by atoms with Crippen LogP contribution in [0.3, 0.4) is 0 Å². The molecule has 9 heteroatoms. The molecule has 0 aliphatic carbocycles. The lowest BCUT2D eigenvalue weighted by atomic mass is 10.1. The van der Waals surface area contributed by atoms with Crippen molar-refractivity contribution < 1.29 is 23.4 Å². The second kappa shape index (κ2) is 8.34. The first-order valence-corrected chi connectivity index (χ1v) is 8.49. The Hall–Kier alpha value is -4.01. The van der Waals surface area contributed by atoms with Gasteiger partial charge in [-0.3, -0.25) is 10.2 Å². The minimum Gasteiger partial charge on any atom is -0.493 e. The van der Waals surface area contributed by atoms with Crippen molar-refractivity contribution >= 4 is 22.7 Å². The fraction of sp³-hybridized carbons (Fsp3) is 0.150. The van der Waals surface area contributed by atoms with E-state index in [1.54, 1.807) is 18.2 Å². The van der Waals surface area contributed by atoms with Crippen molar-refractivity contribution in [3.05, 3.63) is 59.1 Å². The first kappa shape index (κ1) is 19.7. The Morgan fingerprint density at radius 2 is 1.72 bits per heavy atom. The van der Waals surface area contributed by atoms with Gasteiger partial charge in [-0.2, -0.15) is 5.10 Å². The molecule has 0 aliphatic rings. The third-order valence-corrected chi connectivity index (χ3v) is 4.16. The molecular weight excluding hydrogens is 376 g/mol. The summed E-state index contributed by atoms with van der Waals surface area (Å²) in [7, 11) is 4.38. The predicted molar refractivity (Wildman–Crippen MR) is 106 cm³/mol. The summed E-state index contributed by atoms with van der Waals surface area (Å²) in [6, 6.07) is 11.9. The van der Waals surface area contributed by atoms with Crippen LogP contribution in [-0.4, -0.2) is 33.1 Å². The van der Waals surface area contributed by atoms with E-state index >= 15 is 0 Å². The number of benzene rings is 2. The third kappa shape index (κ3) is 3.98. The highest BCUT2D eigenvalue weighted by molar-refractivity contribution is 6.01. The van der Waals surface area contributed by atoms with Gasteiger partial charge in [0.25, 0.3) is 5.91 Å². The van der Waals surface area contributed by atoms with Gasteiger partial charge in [-0.05, 0) is 24.3 Å². The van der Waals surface area contributed by atoms with Gasteiger partial charge < -0.3 is 24.4 Å². The predicted octanol–water partition coefficient (Wildman–Crippen LogP) is 1.99. The topological polar surface area (TPSA) is 132 Å². The SMILES string of the molecule is COc1cc(C(=O)N/N=C(\N)c2cc3ccccc3oc2=N)cc(OC)c1OC. The van der Waals surface area contributed by atoms with Crippen LogP contribution in [0.15, 0.2) is 52.0 Å². The normalized spacial score (nSPS) is 11.2. The third-order valence-electron chi connectivity index (χ3n) is 4.16. The lowest BCUT2D eigenvalue weighted by Crippen LogP contribution is -2.27. The van der Waals surface area contributed by atoms with E-state index in [2.05, 4.69) is 10.5 Å². The summed E-state index contributed by atoms with van der Waals surface area (Å²) >= 11 is 0. The summed E-state index contributed by atoms with van der Waals surface area (Å²) in [5, 5.41) is 12.6. The monoisotopic (exact) mass is 396 g/mol. The molecule has 2 aromatic carbocycles. The van der Waals surface area contributed by atoms with Crippen LogP contribution >= 0.6 is 0 Å². The smallest absolute Gasteiger partial charge is 0.271 e. The van der Waals surface area contributed by atoms with Crippen molar-refractivity contribution in [2.45, 2.75) is 0 Å². The molecule has 1 aromatic heterocycles. The average molecular weight is 396 g/mol. The van der Waals surface area contributed by atoms with Crippen LogP contribution in [0.5, 0.6) is 17.2 Å². The van der Waals surface area contributed by atoms with Crippen molar-refractivity contribution in [3.8, 4) is 17.2 Å². The van der Waals surface area contributed by atoms with Gasteiger partial charge in [0.05, 0.1) is 26.9 Å². The molecule has 0 spiro atoms. The number of hydrogen-bond donors (Lipinski definition) is 3. The molecule has 0 unspecified atom stereocenters. The molecule has 0 aliphatic heterocycles. The molecule has 150 valence electrons. The first-order chi connectivity index (χ1) is 14.0. The number of amides is 1. The zero-order valence-electron chi connectivity index (χ0n) is 16.1. The van der Waals surface area contributed by atoms with E-state index < -0.39 is 5.91 Å². The molecule has 1 heterocycles. The first-order valence-electron chi connectivity index (χ1n) is 8.49. The number of hydrazone groups is 1. The van der Waals surface area contributed by atoms with Gasteiger partial charge in [0, 0.05) is 10.9 Å². The second-order valence-electron chi connectivity index (χ2n) is 5.88. The highest BCUT2D eigenvalue weighted by atomic mass is 16.5. The number of nitrogens with zero attached hydrogens (tertiary/aromatic N) is 1. The maximum atomic E-state index is 12.5. The number of para-hydroxylation sites is 1. The standard InChI is InChI=1S/C20H20N4O5/c1-26-15-9-12(10-16(27-2)17(15)28-3)20(25)24-23-18(21)13-8-11-6-4-5-7-14(11)29-19(13)22/h4-10,22H,1-3H3,(H2,21,23)(H,24,25). The van der Waals surface area contributed by atoms with E-state index in [9.17, 15) is 4.79 Å². The van der Waals surface area contributed by atoms with Crippen molar-refractivity contribution in [3.63, 3.8) is 0 Å². The zero-order chi connectivity index (χ0) is 21.0. The maximum Gasteiger partial charge on any atom is 0.271 e. The summed E-state index contributed by atoms with van der Waals surface area (Å²) in [6.07, 6.45) is 0. The highest BCUT2D eigenvalue weighted by Crippen LogP contribution is 2.38. The largest absolute Gasteiger partial charge is 0.493 e. The number of hydrogen-bond acceptors (Lipinski definition) is 7. The number of carbonyl (C=O) groups is 1. The number of nitrogens with two attached hydrogens (primary N) is 1. The molecule has 29 heavy (non-hydrogen) atoms. The van der Waals surface area contributed by atoms with Gasteiger partial charge >= 0.3 is 0 Å². The molecular formula is C20H20N4O5. The molecule has 0 radical (unpaired) electrons. The number of fused-ring (bicyclic) bond motifs is 1. The van der Waals surface area contributed by atoms with Crippen LogP contribution < -0.4 is 30.9 Å². The van der Waals surface area contributed by atoms with Crippen LogP contribution in [0.1, 0.15) is 15.9 Å². The Morgan fingerprint density at radius 3 is 2.34 bits per heavy atom. The van der Waals surface area contributed by atoms with E-state index in [0.717, 1.165) is 5.39 Å². The molecule has 0 fully saturated rings. The van der Waals surface area contributed by atoms with Gasteiger partial charge in [-0.1, -0.05) is 18.2 Å². The lowest BCUT2D eigenvalue weighted by molar-refractivity contribution is 0.0954. The average Bonchev–Trinajstić information content (AvgIpc) is 2.75. The van der Waals surface area contributed by atoms with Crippen molar-refractivity contribution in [2.24, 2.45) is 10.8 Å². The van der Waals surface area contributed by atoms with Crippen molar-refractivity contribution in [2.75, 3.05) is 21.3 Å². The van der Waals surface area contributed by atoms with E-state index in [-0.39, 0.29) is 22.5 Å². The van der Waals surface area contributed by atoms with E-state index in [1.165, 1.54) is 33.5 Å². The van der Waals surface area contributed by atoms with Gasteiger partial charge in [0.2, 0.25) is 11.3 Å². The molecule has 3 rings (SSSR count). The molecule has 9 nitrogen and oxygen atoms in total. The minimum absolute atomic E-state index is 0.0645. The summed E-state index contributed by atoms with van der Waals surface area (Å²) in [4.78, 5) is 12.5. The lowest BCUT2D eigenvalue weighted by Gasteiger charge is -2.13. The fourth-order valence-corrected chi connectivity index (χ4v) is 2.72. The molecule has 0 atom stereocenters. The van der Waals surface area contributed by atoms with Crippen molar-refractivity contribution in [1.82, 2.24) is 5.43 Å². The van der Waals surface area contributed by atoms with E-state index in [4.69, 9.17) is 29.8 Å². The van der Waals surface area contributed by atoms with Crippen LogP contribution in [0.25, 0.3) is 11.0 Å². The summed E-state index contributed by atoms with van der Waals surface area (Å²) in [5.41, 5.74) is 9.19. The van der Waals surface area contributed by atoms with Gasteiger partial charge in [-0.25, -0.2) is 5.43 Å². The Balaban J connectivity index is 1.89. The number of nitrogens with one attached hydrogen (secondary N) is 2. The van der Waals surface area contributed by atoms with E-state index in [0.29, 0.717) is 22.8 Å². The van der Waals surface area contributed by atoms with Crippen LogP contribution in [0.2, 0.25) is 0 Å². The van der Waals surface area contributed by atoms with Crippen LogP contribution in [-0.2, 0) is 0 Å². The van der Waals surface area contributed by atoms with Crippen molar-refractivity contribution in [1.29, 1.82) is 5.41 Å². The maximum absolute atomic E-state index is 12.5. The number of carbonyl (C=O) groups excluding carboxylic acids is 1. The van der Waals surface area contributed by atoms with Gasteiger partial charge in [0.1, 0.15) is 5.58 Å². The quantitative estimate of drug-likeness (QED) is 0.332. The number of rotatable bonds is 6. The number of ether oxygens (including phenoxy) is 3. The van der Waals surface area contributed by atoms with E-state index in [1.807, 2.05) is 12.1 Å². The Labute approximate surface area is 166 Å². The Morgan fingerprint density at radius 1 is 1.07 bits per heavy atom. The Kier molecular flexibility index (Phi) is 5.68. The molecule has 1 amide bonds. The molecule has 0 saturated heterocycles. The molecule has 4 N–H and O–H groups in total. The summed E-state index contributed by atoms with van der Waals surface area (Å²) in [5.74, 6) is 0.416. The molecule has 0 saturated carbocycles. The fourth-order valence-electron chi connectivity index (χ4n) is 2.72. The number of amidine groups is 1. The zero-order valence-corrected chi connectivity index (χ0v) is 16.1. The summed E-state index contributed by atoms with van der Waals surface area (Å²) < 4.78 is 21.2. The van der Waals surface area contributed by atoms with Gasteiger partial charge in [-0.15, -0.1) is 0 Å². The molecule has 3 aromatic rings. The highest BCUT2D eigenvalue weighted by Gasteiger charge is 2.17. The Bertz CT molecular complexity index is 1130. The number of methoxy groups -OCH3 is 3. The molecule has 0 bridgehead atoms. The van der Waals surface area contributed by atoms with Gasteiger partial charge in [0.15, 0.2) is 17.3 Å².